The molecule has 1 aromatic carbocycles. The Hall–Kier alpha value is -1.64. The number of ether oxygens (including phenoxy) is 2. The van der Waals surface area contributed by atoms with Crippen molar-refractivity contribution in [1.82, 2.24) is 5.32 Å². The van der Waals surface area contributed by atoms with Crippen molar-refractivity contribution in [3.05, 3.63) is 23.8 Å². The molecular formula is C13H20N2O5S. The molecule has 1 rings (SSSR count). The zero-order valence-corrected chi connectivity index (χ0v) is 12.9. The second kappa shape index (κ2) is 7.96. The summed E-state index contributed by atoms with van der Waals surface area (Å²) in [4.78, 5) is 11.6. The number of hydrogen-bond donors (Lipinski definition) is 2. The standard InChI is InChI=1S/C13H20N2O5S/c1-3-20-7-6-15-13(16)9-10-4-5-11(19-2)12(8-10)21(14,17)18/h4-5,8H,3,6-7,9H2,1-2H3,(H,15,16)(H2,14,17,18). The van der Waals surface area contributed by atoms with E-state index >= 15 is 0 Å². The smallest absolute Gasteiger partial charge is 0.241 e. The van der Waals surface area contributed by atoms with Gasteiger partial charge in [-0.1, -0.05) is 6.07 Å². The Balaban J connectivity index is 2.74. The second-order valence-corrected chi connectivity index (χ2v) is 5.78. The van der Waals surface area contributed by atoms with E-state index in [9.17, 15) is 13.2 Å². The second-order valence-electron chi connectivity index (χ2n) is 4.25. The SMILES string of the molecule is CCOCCNC(=O)Cc1ccc(OC)c(S(N)(=O)=O)c1. The van der Waals surface area contributed by atoms with Gasteiger partial charge in [0, 0.05) is 13.2 Å². The minimum atomic E-state index is -3.90. The van der Waals surface area contributed by atoms with E-state index in [2.05, 4.69) is 5.32 Å². The molecule has 3 N–H and O–H groups in total. The van der Waals surface area contributed by atoms with E-state index in [1.807, 2.05) is 6.92 Å². The third-order valence-electron chi connectivity index (χ3n) is 2.67. The van der Waals surface area contributed by atoms with Gasteiger partial charge in [0.15, 0.2) is 0 Å². The first-order valence-corrected chi connectivity index (χ1v) is 7.97. The highest BCUT2D eigenvalue weighted by atomic mass is 32.2. The minimum Gasteiger partial charge on any atom is -0.495 e. The molecule has 21 heavy (non-hydrogen) atoms. The topological polar surface area (TPSA) is 108 Å². The van der Waals surface area contributed by atoms with E-state index in [0.29, 0.717) is 25.3 Å². The van der Waals surface area contributed by atoms with Crippen molar-refractivity contribution >= 4 is 15.9 Å². The van der Waals surface area contributed by atoms with Gasteiger partial charge in [-0.3, -0.25) is 4.79 Å². The highest BCUT2D eigenvalue weighted by molar-refractivity contribution is 7.89. The summed E-state index contributed by atoms with van der Waals surface area (Å²) in [5, 5.41) is 7.80. The van der Waals surface area contributed by atoms with Gasteiger partial charge >= 0.3 is 0 Å². The van der Waals surface area contributed by atoms with Gasteiger partial charge in [-0.15, -0.1) is 0 Å². The zero-order chi connectivity index (χ0) is 15.9. The van der Waals surface area contributed by atoms with Gasteiger partial charge in [0.1, 0.15) is 10.6 Å². The van der Waals surface area contributed by atoms with Crippen LogP contribution >= 0.6 is 0 Å². The molecule has 0 heterocycles. The number of benzene rings is 1. The number of carbonyl (C=O) groups is 1. The lowest BCUT2D eigenvalue weighted by atomic mass is 10.1. The van der Waals surface area contributed by atoms with Crippen LogP contribution in [0.5, 0.6) is 5.75 Å². The minimum absolute atomic E-state index is 0.0542. The third kappa shape index (κ3) is 5.70. The molecule has 7 nitrogen and oxygen atoms in total. The molecule has 0 spiro atoms. The number of primary sulfonamides is 1. The predicted molar refractivity (Wildman–Crippen MR) is 77.6 cm³/mol. The summed E-state index contributed by atoms with van der Waals surface area (Å²) in [6.07, 6.45) is 0.0542. The molecule has 0 fully saturated rings. The summed E-state index contributed by atoms with van der Waals surface area (Å²) < 4.78 is 33.0. The number of carbonyl (C=O) groups excluding carboxylic acids is 1. The third-order valence-corrected chi connectivity index (χ3v) is 3.60. The zero-order valence-electron chi connectivity index (χ0n) is 12.1. The van der Waals surface area contributed by atoms with Crippen molar-refractivity contribution < 1.29 is 22.7 Å². The lowest BCUT2D eigenvalue weighted by Gasteiger charge is -2.09. The van der Waals surface area contributed by atoms with E-state index < -0.39 is 10.0 Å². The predicted octanol–water partition coefficient (Wildman–Crippen LogP) is 0.0378. The van der Waals surface area contributed by atoms with Crippen molar-refractivity contribution in [2.75, 3.05) is 26.9 Å². The molecule has 1 aromatic rings. The molecule has 1 amide bonds. The first-order chi connectivity index (χ1) is 9.88. The molecule has 0 bridgehead atoms. The molecule has 8 heteroatoms. The van der Waals surface area contributed by atoms with E-state index in [0.717, 1.165) is 0 Å². The van der Waals surface area contributed by atoms with Crippen LogP contribution in [0.3, 0.4) is 0 Å². The molecule has 0 saturated heterocycles. The Bertz CT molecular complexity index is 586. The monoisotopic (exact) mass is 316 g/mol. The average molecular weight is 316 g/mol. The van der Waals surface area contributed by atoms with Gasteiger partial charge in [-0.05, 0) is 24.6 Å². The number of hydrogen-bond acceptors (Lipinski definition) is 5. The van der Waals surface area contributed by atoms with Crippen molar-refractivity contribution in [3.8, 4) is 5.75 Å². The van der Waals surface area contributed by atoms with E-state index in [4.69, 9.17) is 14.6 Å². The van der Waals surface area contributed by atoms with Crippen molar-refractivity contribution in [1.29, 1.82) is 0 Å². The van der Waals surface area contributed by atoms with Crippen LogP contribution in [-0.2, 0) is 26.0 Å². The summed E-state index contributed by atoms with van der Waals surface area (Å²) in [5.41, 5.74) is 0.536. The quantitative estimate of drug-likeness (QED) is 0.658. The summed E-state index contributed by atoms with van der Waals surface area (Å²) >= 11 is 0. The number of methoxy groups -OCH3 is 1. The van der Waals surface area contributed by atoms with Crippen LogP contribution in [0.1, 0.15) is 12.5 Å². The van der Waals surface area contributed by atoms with Crippen LogP contribution in [0.15, 0.2) is 23.1 Å². The highest BCUT2D eigenvalue weighted by Crippen LogP contribution is 2.23. The van der Waals surface area contributed by atoms with Crippen LogP contribution < -0.4 is 15.2 Å². The van der Waals surface area contributed by atoms with Crippen LogP contribution in [0, 0.1) is 0 Å². The Kier molecular flexibility index (Phi) is 6.60. The normalized spacial score (nSPS) is 11.2. The number of sulfonamides is 1. The first-order valence-electron chi connectivity index (χ1n) is 6.42. The molecule has 0 aromatic heterocycles. The molecule has 0 aliphatic rings. The average Bonchev–Trinajstić information content (AvgIpc) is 2.42. The van der Waals surface area contributed by atoms with E-state index in [1.165, 1.54) is 19.2 Å². The van der Waals surface area contributed by atoms with Gasteiger partial charge in [0.25, 0.3) is 0 Å². The largest absolute Gasteiger partial charge is 0.495 e. The van der Waals surface area contributed by atoms with Crippen LogP contribution in [0.4, 0.5) is 0 Å². The maximum atomic E-state index is 11.7. The fourth-order valence-corrected chi connectivity index (χ4v) is 2.46. The molecule has 0 aliphatic heterocycles. The summed E-state index contributed by atoms with van der Waals surface area (Å²) in [7, 11) is -2.55. The van der Waals surface area contributed by atoms with Crippen LogP contribution in [-0.4, -0.2) is 41.2 Å². The van der Waals surface area contributed by atoms with Crippen molar-refractivity contribution in [2.24, 2.45) is 5.14 Å². The Morgan fingerprint density at radius 1 is 1.38 bits per heavy atom. The van der Waals surface area contributed by atoms with E-state index in [-0.39, 0.29) is 23.0 Å². The van der Waals surface area contributed by atoms with Crippen LogP contribution in [0.25, 0.3) is 0 Å². The van der Waals surface area contributed by atoms with Gasteiger partial charge < -0.3 is 14.8 Å². The molecular weight excluding hydrogens is 296 g/mol. The number of rotatable bonds is 8. The Labute approximate surface area is 124 Å². The fourth-order valence-electron chi connectivity index (χ4n) is 1.71. The molecule has 0 saturated carbocycles. The summed E-state index contributed by atoms with van der Waals surface area (Å²) in [5.74, 6) is -0.0711. The van der Waals surface area contributed by atoms with Gasteiger partial charge in [0.05, 0.1) is 20.1 Å². The van der Waals surface area contributed by atoms with Crippen molar-refractivity contribution in [2.45, 2.75) is 18.2 Å². The first kappa shape index (κ1) is 17.4. The highest BCUT2D eigenvalue weighted by Gasteiger charge is 2.16. The number of nitrogens with one attached hydrogen (secondary N) is 1. The number of amides is 1. The molecule has 0 unspecified atom stereocenters. The maximum Gasteiger partial charge on any atom is 0.241 e. The van der Waals surface area contributed by atoms with Gasteiger partial charge in [-0.2, -0.15) is 0 Å². The Morgan fingerprint density at radius 2 is 2.10 bits per heavy atom. The molecule has 0 aliphatic carbocycles. The molecule has 0 radical (unpaired) electrons. The van der Waals surface area contributed by atoms with Crippen LogP contribution in [0.2, 0.25) is 0 Å². The molecule has 118 valence electrons. The molecule has 0 atom stereocenters. The van der Waals surface area contributed by atoms with Gasteiger partial charge in [0.2, 0.25) is 15.9 Å². The van der Waals surface area contributed by atoms with Crippen molar-refractivity contribution in [3.63, 3.8) is 0 Å². The fraction of sp³-hybridized carbons (Fsp3) is 0.462. The van der Waals surface area contributed by atoms with Gasteiger partial charge in [-0.25, -0.2) is 13.6 Å². The number of nitrogens with two attached hydrogens (primary N) is 1. The van der Waals surface area contributed by atoms with E-state index in [1.54, 1.807) is 6.07 Å². The lowest BCUT2D eigenvalue weighted by Crippen LogP contribution is -2.28. The summed E-state index contributed by atoms with van der Waals surface area (Å²) in [6.45, 7) is 3.30. The summed E-state index contributed by atoms with van der Waals surface area (Å²) in [6, 6.07) is 4.44. The maximum absolute atomic E-state index is 11.7. The lowest BCUT2D eigenvalue weighted by molar-refractivity contribution is -0.120. The Morgan fingerprint density at radius 3 is 2.67 bits per heavy atom.